The van der Waals surface area contributed by atoms with E-state index in [0.717, 1.165) is 51.4 Å². The van der Waals surface area contributed by atoms with Crippen LogP contribution in [0.4, 0.5) is 5.82 Å². The number of hydrogen-bond acceptors (Lipinski definition) is 5. The molecule has 6 aliphatic rings. The van der Waals surface area contributed by atoms with Gasteiger partial charge in [0.2, 0.25) is 11.8 Å². The van der Waals surface area contributed by atoms with E-state index >= 15 is 0 Å². The lowest BCUT2D eigenvalue weighted by molar-refractivity contribution is -0.140. The summed E-state index contributed by atoms with van der Waals surface area (Å²) in [7, 11) is 0. The largest absolute Gasteiger partial charge is 0.354 e. The topological polar surface area (TPSA) is 56.8 Å². The summed E-state index contributed by atoms with van der Waals surface area (Å²) in [5, 5.41) is 0. The number of aromatic nitrogens is 1. The SMILES string of the molecule is O=C1C2C3C=CC(C4CC34)C2C(=O)N1CCCCN1CCN(c2ccccn2)CC1. The summed E-state index contributed by atoms with van der Waals surface area (Å²) in [5.41, 5.74) is 0. The van der Waals surface area contributed by atoms with Gasteiger partial charge in [0.25, 0.3) is 0 Å². The highest BCUT2D eigenvalue weighted by molar-refractivity contribution is 6.06. The monoisotopic (exact) mass is 406 g/mol. The smallest absolute Gasteiger partial charge is 0.233 e. The van der Waals surface area contributed by atoms with Crippen LogP contribution in [0.2, 0.25) is 0 Å². The number of anilines is 1. The van der Waals surface area contributed by atoms with E-state index in [1.54, 1.807) is 4.90 Å². The highest BCUT2D eigenvalue weighted by atomic mass is 16.2. The van der Waals surface area contributed by atoms with E-state index in [2.05, 4.69) is 33.0 Å². The lowest BCUT2D eigenvalue weighted by atomic mass is 9.63. The number of nitrogens with zero attached hydrogens (tertiary/aromatic N) is 4. The van der Waals surface area contributed by atoms with Crippen LogP contribution >= 0.6 is 0 Å². The first-order valence-corrected chi connectivity index (χ1v) is 11.6. The number of hydrogen-bond donors (Lipinski definition) is 0. The Morgan fingerprint density at radius 1 is 0.867 bits per heavy atom. The second-order valence-corrected chi connectivity index (χ2v) is 9.71. The number of allylic oxidation sites excluding steroid dienone is 2. The molecule has 0 N–H and O–H groups in total. The Kier molecular flexibility index (Phi) is 4.44. The third-order valence-corrected chi connectivity index (χ3v) is 8.21. The van der Waals surface area contributed by atoms with Crippen LogP contribution in [0.3, 0.4) is 0 Å². The van der Waals surface area contributed by atoms with E-state index in [9.17, 15) is 9.59 Å². The lowest BCUT2D eigenvalue weighted by Gasteiger charge is -2.37. The van der Waals surface area contributed by atoms with E-state index in [-0.39, 0.29) is 23.7 Å². The minimum absolute atomic E-state index is 0.0454. The Hall–Kier alpha value is -2.21. The molecule has 4 fully saturated rings. The van der Waals surface area contributed by atoms with Gasteiger partial charge in [-0.1, -0.05) is 18.2 Å². The summed E-state index contributed by atoms with van der Waals surface area (Å²) < 4.78 is 0. The predicted molar refractivity (Wildman–Crippen MR) is 114 cm³/mol. The molecule has 2 bridgehead atoms. The van der Waals surface area contributed by atoms with E-state index in [1.807, 2.05) is 18.3 Å². The van der Waals surface area contributed by atoms with Gasteiger partial charge < -0.3 is 4.90 Å². The fourth-order valence-electron chi connectivity index (χ4n) is 6.59. The van der Waals surface area contributed by atoms with Crippen molar-refractivity contribution in [3.05, 3.63) is 36.5 Å². The van der Waals surface area contributed by atoms with Crippen LogP contribution in [0.5, 0.6) is 0 Å². The van der Waals surface area contributed by atoms with Crippen molar-refractivity contribution in [3.8, 4) is 0 Å². The summed E-state index contributed by atoms with van der Waals surface area (Å²) in [6.07, 6.45) is 9.52. The van der Waals surface area contributed by atoms with Crippen molar-refractivity contribution in [2.24, 2.45) is 35.5 Å². The zero-order valence-electron chi connectivity index (χ0n) is 17.4. The molecule has 0 aromatic carbocycles. The molecule has 2 amide bonds. The number of carbonyl (C=O) groups excluding carboxylic acids is 2. The van der Waals surface area contributed by atoms with Gasteiger partial charge in [-0.3, -0.25) is 19.4 Å². The minimum Gasteiger partial charge on any atom is -0.354 e. The van der Waals surface area contributed by atoms with Gasteiger partial charge in [-0.15, -0.1) is 0 Å². The predicted octanol–water partition coefficient (Wildman–Crippen LogP) is 2.04. The quantitative estimate of drug-likeness (QED) is 0.411. The maximum atomic E-state index is 13.0. The van der Waals surface area contributed by atoms with Crippen LogP contribution in [-0.4, -0.2) is 65.9 Å². The average molecular weight is 407 g/mol. The maximum Gasteiger partial charge on any atom is 0.233 e. The zero-order valence-corrected chi connectivity index (χ0v) is 17.4. The number of likely N-dealkylation sites (tertiary alicyclic amines) is 1. The Balaban J connectivity index is 0.974. The van der Waals surface area contributed by atoms with Gasteiger partial charge in [-0.25, -0.2) is 4.98 Å². The number of rotatable bonds is 6. The number of amides is 2. The van der Waals surface area contributed by atoms with Gasteiger partial charge in [-0.2, -0.15) is 0 Å². The standard InChI is InChI=1S/C24H30N4O2/c29-23-21-16-6-7-17(19-15-18(16)19)22(21)24(30)28(23)10-4-3-9-26-11-13-27(14-12-26)20-5-1-2-8-25-20/h1-2,5-8,16-19,21-22H,3-4,9-15H2. The molecule has 4 aliphatic carbocycles. The summed E-state index contributed by atoms with van der Waals surface area (Å²) in [6.45, 7) is 5.73. The first kappa shape index (κ1) is 18.6. The normalized spacial score (nSPS) is 36.9. The Labute approximate surface area is 177 Å². The van der Waals surface area contributed by atoms with Crippen molar-refractivity contribution in [2.75, 3.05) is 44.2 Å². The molecule has 2 saturated carbocycles. The van der Waals surface area contributed by atoms with Crippen molar-refractivity contribution in [3.63, 3.8) is 0 Å². The first-order chi connectivity index (χ1) is 14.7. The molecule has 3 heterocycles. The van der Waals surface area contributed by atoms with Crippen molar-refractivity contribution >= 4 is 17.6 Å². The van der Waals surface area contributed by atoms with Gasteiger partial charge in [0, 0.05) is 38.9 Å². The third-order valence-electron chi connectivity index (χ3n) is 8.21. The summed E-state index contributed by atoms with van der Waals surface area (Å²) in [6, 6.07) is 6.06. The molecule has 0 spiro atoms. The van der Waals surface area contributed by atoms with Gasteiger partial charge in [0.15, 0.2) is 0 Å². The molecule has 1 aromatic heterocycles. The van der Waals surface area contributed by atoms with Crippen LogP contribution in [0.15, 0.2) is 36.5 Å². The minimum atomic E-state index is -0.0454. The number of pyridine rings is 1. The molecular weight excluding hydrogens is 376 g/mol. The van der Waals surface area contributed by atoms with Gasteiger partial charge in [0.05, 0.1) is 11.8 Å². The number of imide groups is 1. The summed E-state index contributed by atoms with van der Waals surface area (Å²) >= 11 is 0. The molecule has 30 heavy (non-hydrogen) atoms. The molecule has 6 atom stereocenters. The molecule has 1 aromatic rings. The van der Waals surface area contributed by atoms with Crippen LogP contribution < -0.4 is 4.90 Å². The second-order valence-electron chi connectivity index (χ2n) is 9.71. The highest BCUT2D eigenvalue weighted by Crippen LogP contribution is 2.65. The molecule has 2 aliphatic heterocycles. The molecule has 2 saturated heterocycles. The van der Waals surface area contributed by atoms with Crippen LogP contribution in [0.25, 0.3) is 0 Å². The molecule has 6 unspecified atom stereocenters. The van der Waals surface area contributed by atoms with E-state index < -0.39 is 0 Å². The summed E-state index contributed by atoms with van der Waals surface area (Å²) in [4.78, 5) is 36.9. The Morgan fingerprint density at radius 3 is 2.17 bits per heavy atom. The Bertz CT molecular complexity index is 827. The van der Waals surface area contributed by atoms with E-state index in [4.69, 9.17) is 0 Å². The molecule has 158 valence electrons. The molecule has 0 radical (unpaired) electrons. The number of carbonyl (C=O) groups is 2. The molecule has 6 heteroatoms. The Morgan fingerprint density at radius 2 is 1.53 bits per heavy atom. The van der Waals surface area contributed by atoms with Crippen molar-refractivity contribution in [1.29, 1.82) is 0 Å². The average Bonchev–Trinajstić information content (AvgIpc) is 3.57. The van der Waals surface area contributed by atoms with E-state index in [1.165, 1.54) is 6.42 Å². The molecule has 6 nitrogen and oxygen atoms in total. The van der Waals surface area contributed by atoms with E-state index in [0.29, 0.717) is 30.2 Å². The van der Waals surface area contributed by atoms with Gasteiger partial charge >= 0.3 is 0 Å². The fraction of sp³-hybridized carbons (Fsp3) is 0.625. The first-order valence-electron chi connectivity index (χ1n) is 11.6. The number of unbranched alkanes of at least 4 members (excludes halogenated alkanes) is 1. The van der Waals surface area contributed by atoms with Crippen LogP contribution in [0, 0.1) is 35.5 Å². The van der Waals surface area contributed by atoms with Crippen molar-refractivity contribution in [1.82, 2.24) is 14.8 Å². The lowest BCUT2D eigenvalue weighted by Crippen LogP contribution is -2.47. The van der Waals surface area contributed by atoms with Crippen LogP contribution in [0.1, 0.15) is 19.3 Å². The fourth-order valence-corrected chi connectivity index (χ4v) is 6.59. The van der Waals surface area contributed by atoms with Gasteiger partial charge in [0.1, 0.15) is 5.82 Å². The van der Waals surface area contributed by atoms with Gasteiger partial charge in [-0.05, 0) is 61.6 Å². The van der Waals surface area contributed by atoms with Crippen molar-refractivity contribution in [2.45, 2.75) is 19.3 Å². The zero-order chi connectivity index (χ0) is 20.2. The van der Waals surface area contributed by atoms with Crippen LogP contribution in [-0.2, 0) is 9.59 Å². The molecule has 7 rings (SSSR count). The summed E-state index contributed by atoms with van der Waals surface area (Å²) in [5.74, 6) is 3.25. The highest BCUT2D eigenvalue weighted by Gasteiger charge is 2.66. The number of piperazine rings is 1. The molecular formula is C24H30N4O2. The maximum absolute atomic E-state index is 13.0. The van der Waals surface area contributed by atoms with Crippen molar-refractivity contribution < 1.29 is 9.59 Å². The second kappa shape index (κ2) is 7.19. The third kappa shape index (κ3) is 2.91.